The van der Waals surface area contributed by atoms with Crippen LogP contribution in [0.4, 0.5) is 0 Å². The highest BCUT2D eigenvalue weighted by Gasteiger charge is 2.35. The number of carbonyl (C=O) groups is 1. The van der Waals surface area contributed by atoms with E-state index in [-0.39, 0.29) is 6.10 Å². The molecule has 0 aromatic rings. The Bertz CT molecular complexity index is 164. The normalized spacial score (nSPS) is 19.2. The molecule has 0 aromatic carbocycles. The molecule has 0 atom stereocenters. The monoisotopic (exact) mass is 217 g/mol. The van der Waals surface area contributed by atoms with E-state index in [9.17, 15) is 4.79 Å². The fourth-order valence-electron chi connectivity index (χ4n) is 0.564. The number of alkyl halides is 3. The predicted molar refractivity (Wildman–Crippen MR) is 43.0 cm³/mol. The van der Waals surface area contributed by atoms with E-state index in [1.165, 1.54) is 0 Å². The molecule has 1 aliphatic heterocycles. The summed E-state index contributed by atoms with van der Waals surface area (Å²) in [5.74, 6) is -0.811. The van der Waals surface area contributed by atoms with E-state index in [1.807, 2.05) is 0 Å². The standard InChI is InChI=1S/C5H6Cl3NO2/c6-5(7,8)4(10)11-3-1-9-2-3/h3,9H,1-2H2. The zero-order valence-corrected chi connectivity index (χ0v) is 7.71. The van der Waals surface area contributed by atoms with Crippen molar-refractivity contribution in [2.24, 2.45) is 0 Å². The van der Waals surface area contributed by atoms with Crippen LogP contribution >= 0.6 is 34.8 Å². The highest BCUT2D eigenvalue weighted by Crippen LogP contribution is 2.28. The molecule has 0 saturated carbocycles. The lowest BCUT2D eigenvalue weighted by atomic mass is 10.2. The second-order valence-electron chi connectivity index (χ2n) is 2.18. The number of hydrogen-bond donors (Lipinski definition) is 1. The van der Waals surface area contributed by atoms with Crippen LogP contribution in [0.5, 0.6) is 0 Å². The number of esters is 1. The molecule has 0 bridgehead atoms. The second kappa shape index (κ2) is 3.35. The average molecular weight is 218 g/mol. The summed E-state index contributed by atoms with van der Waals surface area (Å²) in [5, 5.41) is 2.91. The smallest absolute Gasteiger partial charge is 0.358 e. The zero-order valence-electron chi connectivity index (χ0n) is 5.44. The van der Waals surface area contributed by atoms with Gasteiger partial charge < -0.3 is 10.1 Å². The van der Waals surface area contributed by atoms with Gasteiger partial charge in [0, 0.05) is 13.1 Å². The molecule has 1 aliphatic rings. The molecule has 0 unspecified atom stereocenters. The third-order valence-electron chi connectivity index (χ3n) is 1.25. The molecule has 3 nitrogen and oxygen atoms in total. The molecule has 1 rings (SSSR count). The topological polar surface area (TPSA) is 38.3 Å². The van der Waals surface area contributed by atoms with Gasteiger partial charge in [0.05, 0.1) is 0 Å². The van der Waals surface area contributed by atoms with Crippen LogP contribution in [0.3, 0.4) is 0 Å². The van der Waals surface area contributed by atoms with E-state index >= 15 is 0 Å². The number of halogens is 3. The molecule has 1 fully saturated rings. The van der Waals surface area contributed by atoms with Gasteiger partial charge in [-0.25, -0.2) is 4.79 Å². The van der Waals surface area contributed by atoms with Gasteiger partial charge in [0.15, 0.2) is 0 Å². The highest BCUT2D eigenvalue weighted by molar-refractivity contribution is 6.75. The zero-order chi connectivity index (χ0) is 8.48. The van der Waals surface area contributed by atoms with Crippen LogP contribution in [0, 0.1) is 0 Å². The third kappa shape index (κ3) is 2.67. The van der Waals surface area contributed by atoms with Gasteiger partial charge in [0.25, 0.3) is 3.79 Å². The summed E-state index contributed by atoms with van der Waals surface area (Å²) in [6.45, 7) is 1.26. The summed E-state index contributed by atoms with van der Waals surface area (Å²) in [4.78, 5) is 10.8. The predicted octanol–water partition coefficient (Wildman–Crippen LogP) is 0.872. The van der Waals surface area contributed by atoms with Gasteiger partial charge in [-0.3, -0.25) is 0 Å². The van der Waals surface area contributed by atoms with Gasteiger partial charge >= 0.3 is 5.97 Å². The Balaban J connectivity index is 2.30. The van der Waals surface area contributed by atoms with Crippen molar-refractivity contribution in [1.29, 1.82) is 0 Å². The first kappa shape index (κ1) is 9.39. The summed E-state index contributed by atoms with van der Waals surface area (Å²) in [5.41, 5.74) is 0. The molecule has 6 heteroatoms. The van der Waals surface area contributed by atoms with Crippen LogP contribution < -0.4 is 5.32 Å². The molecule has 1 saturated heterocycles. The van der Waals surface area contributed by atoms with Crippen molar-refractivity contribution in [2.75, 3.05) is 13.1 Å². The minimum Gasteiger partial charge on any atom is -0.456 e. The summed E-state index contributed by atoms with van der Waals surface area (Å²) in [6, 6.07) is 0. The molecule has 1 N–H and O–H groups in total. The maximum absolute atomic E-state index is 10.8. The van der Waals surface area contributed by atoms with Crippen LogP contribution in [0.1, 0.15) is 0 Å². The molecule has 1 heterocycles. The fraction of sp³-hybridized carbons (Fsp3) is 0.800. The first-order valence-corrected chi connectivity index (χ1v) is 4.12. The van der Waals surface area contributed by atoms with E-state index in [1.54, 1.807) is 0 Å². The molecule has 64 valence electrons. The Morgan fingerprint density at radius 2 is 2.00 bits per heavy atom. The summed E-state index contributed by atoms with van der Waals surface area (Å²) in [7, 11) is 0. The number of ether oxygens (including phenoxy) is 1. The molecule has 0 amide bonds. The Hall–Kier alpha value is 0.300. The average Bonchev–Trinajstić information content (AvgIpc) is 1.75. The summed E-state index contributed by atoms with van der Waals surface area (Å²) < 4.78 is 2.80. The van der Waals surface area contributed by atoms with E-state index in [4.69, 9.17) is 39.5 Å². The van der Waals surface area contributed by atoms with E-state index in [2.05, 4.69) is 5.32 Å². The van der Waals surface area contributed by atoms with Gasteiger partial charge in [-0.15, -0.1) is 0 Å². The number of rotatable bonds is 1. The van der Waals surface area contributed by atoms with E-state index in [0.29, 0.717) is 13.1 Å². The first-order chi connectivity index (χ1) is 5.00. The van der Waals surface area contributed by atoms with Crippen LogP contribution in [-0.2, 0) is 9.53 Å². The minimum atomic E-state index is -1.95. The molecule has 0 aliphatic carbocycles. The lowest BCUT2D eigenvalue weighted by molar-refractivity contribution is -0.150. The van der Waals surface area contributed by atoms with E-state index in [0.717, 1.165) is 0 Å². The Labute approximate surface area is 78.9 Å². The van der Waals surface area contributed by atoms with Gasteiger partial charge in [-0.1, -0.05) is 34.8 Å². The lowest BCUT2D eigenvalue weighted by Gasteiger charge is -2.27. The minimum absolute atomic E-state index is 0.141. The maximum Gasteiger partial charge on any atom is 0.358 e. The largest absolute Gasteiger partial charge is 0.456 e. The van der Waals surface area contributed by atoms with E-state index < -0.39 is 9.76 Å². The second-order valence-corrected chi connectivity index (χ2v) is 4.46. The van der Waals surface area contributed by atoms with Crippen LogP contribution in [-0.4, -0.2) is 29.0 Å². The van der Waals surface area contributed by atoms with Crippen molar-refractivity contribution in [2.45, 2.75) is 9.90 Å². The first-order valence-electron chi connectivity index (χ1n) is 2.98. The van der Waals surface area contributed by atoms with Crippen molar-refractivity contribution in [3.05, 3.63) is 0 Å². The molecule has 0 radical (unpaired) electrons. The molecule has 11 heavy (non-hydrogen) atoms. The highest BCUT2D eigenvalue weighted by atomic mass is 35.6. The molecule has 0 aromatic heterocycles. The summed E-state index contributed by atoms with van der Waals surface area (Å²) in [6.07, 6.45) is -0.141. The van der Waals surface area contributed by atoms with Gasteiger partial charge in [0.2, 0.25) is 0 Å². The van der Waals surface area contributed by atoms with Crippen molar-refractivity contribution in [3.63, 3.8) is 0 Å². The van der Waals surface area contributed by atoms with Crippen molar-refractivity contribution in [1.82, 2.24) is 5.32 Å². The van der Waals surface area contributed by atoms with Crippen LogP contribution in [0.25, 0.3) is 0 Å². The third-order valence-corrected chi connectivity index (χ3v) is 1.71. The number of hydrogen-bond acceptors (Lipinski definition) is 3. The van der Waals surface area contributed by atoms with Crippen LogP contribution in [0.2, 0.25) is 0 Å². The van der Waals surface area contributed by atoms with Gasteiger partial charge in [-0.05, 0) is 0 Å². The van der Waals surface area contributed by atoms with Gasteiger partial charge in [-0.2, -0.15) is 0 Å². The lowest BCUT2D eigenvalue weighted by Crippen LogP contribution is -2.50. The Kier molecular flexibility index (Phi) is 2.86. The fourth-order valence-corrected chi connectivity index (χ4v) is 0.697. The number of nitrogens with one attached hydrogen (secondary N) is 1. The van der Waals surface area contributed by atoms with Crippen LogP contribution in [0.15, 0.2) is 0 Å². The van der Waals surface area contributed by atoms with Crippen molar-refractivity contribution >= 4 is 40.8 Å². The Morgan fingerprint density at radius 3 is 2.27 bits per heavy atom. The molecular weight excluding hydrogens is 212 g/mol. The SMILES string of the molecule is O=C(OC1CNC1)C(Cl)(Cl)Cl. The number of carbonyl (C=O) groups excluding carboxylic acids is 1. The quantitative estimate of drug-likeness (QED) is 0.524. The Morgan fingerprint density at radius 1 is 1.45 bits per heavy atom. The molecular formula is C5H6Cl3NO2. The van der Waals surface area contributed by atoms with Gasteiger partial charge in [0.1, 0.15) is 6.10 Å². The van der Waals surface area contributed by atoms with Crippen molar-refractivity contribution < 1.29 is 9.53 Å². The molecule has 0 spiro atoms. The maximum atomic E-state index is 10.8. The summed E-state index contributed by atoms with van der Waals surface area (Å²) >= 11 is 15.7. The van der Waals surface area contributed by atoms with Crippen molar-refractivity contribution in [3.8, 4) is 0 Å².